The third-order valence-corrected chi connectivity index (χ3v) is 5.60. The number of carbonyl (C=O) groups is 1. The molecule has 1 aromatic carbocycles. The number of fused-ring (bicyclic) bond motifs is 1. The second kappa shape index (κ2) is 8.12. The molecule has 1 saturated carbocycles. The van der Waals surface area contributed by atoms with Gasteiger partial charge in [0.25, 0.3) is 0 Å². The highest BCUT2D eigenvalue weighted by Crippen LogP contribution is 2.42. The van der Waals surface area contributed by atoms with E-state index in [1.54, 1.807) is 0 Å². The lowest BCUT2D eigenvalue weighted by molar-refractivity contribution is -0.155. The predicted octanol–water partition coefficient (Wildman–Crippen LogP) is 5.41. The molecule has 1 N–H and O–H groups in total. The Morgan fingerprint density at radius 3 is 2.57 bits per heavy atom. The standard InChI is InChI=1S/C24H32O4/c1-15(17-8-6-9-17)21(16(2)22(23(25)26)28-24(3,4)5)19-11-12-20-18(14-19)10-7-13-27-20/h11-12,14,17,22H,1,6-10,13H2,2-5H3,(H,25,26)/b21-16-. The van der Waals surface area contributed by atoms with Gasteiger partial charge in [-0.05, 0) is 99.3 Å². The summed E-state index contributed by atoms with van der Waals surface area (Å²) in [5.41, 5.74) is 4.33. The fourth-order valence-electron chi connectivity index (χ4n) is 3.95. The molecule has 152 valence electrons. The fourth-order valence-corrected chi connectivity index (χ4v) is 3.95. The summed E-state index contributed by atoms with van der Waals surface area (Å²) in [7, 11) is 0. The van der Waals surface area contributed by atoms with Gasteiger partial charge in [-0.3, -0.25) is 0 Å². The molecular formula is C24H32O4. The maximum Gasteiger partial charge on any atom is 0.337 e. The summed E-state index contributed by atoms with van der Waals surface area (Å²) >= 11 is 0. The molecule has 1 unspecified atom stereocenters. The van der Waals surface area contributed by atoms with Gasteiger partial charge in [0, 0.05) is 0 Å². The Balaban J connectivity index is 2.08. The van der Waals surface area contributed by atoms with Crippen molar-refractivity contribution < 1.29 is 19.4 Å². The molecule has 0 spiro atoms. The third-order valence-electron chi connectivity index (χ3n) is 5.60. The van der Waals surface area contributed by atoms with Gasteiger partial charge in [0.15, 0.2) is 6.10 Å². The van der Waals surface area contributed by atoms with Gasteiger partial charge in [-0.1, -0.05) is 19.1 Å². The molecule has 4 nitrogen and oxygen atoms in total. The molecule has 1 aliphatic heterocycles. The Hall–Kier alpha value is -2.07. The third kappa shape index (κ3) is 4.49. The van der Waals surface area contributed by atoms with Gasteiger partial charge in [0.05, 0.1) is 12.2 Å². The summed E-state index contributed by atoms with van der Waals surface area (Å²) in [6.07, 6.45) is 4.41. The topological polar surface area (TPSA) is 55.8 Å². The number of hydrogen-bond donors (Lipinski definition) is 1. The normalized spacial score (nSPS) is 19.0. The monoisotopic (exact) mass is 384 g/mol. The number of benzene rings is 1. The van der Waals surface area contributed by atoms with Crippen LogP contribution >= 0.6 is 0 Å². The summed E-state index contributed by atoms with van der Waals surface area (Å²) in [5, 5.41) is 9.88. The fraction of sp³-hybridized carbons (Fsp3) is 0.542. The van der Waals surface area contributed by atoms with E-state index >= 15 is 0 Å². The van der Waals surface area contributed by atoms with Crippen molar-refractivity contribution in [2.45, 2.75) is 71.5 Å². The maximum absolute atomic E-state index is 12.1. The zero-order chi connectivity index (χ0) is 20.5. The minimum Gasteiger partial charge on any atom is -0.493 e. The van der Waals surface area contributed by atoms with Crippen molar-refractivity contribution in [1.82, 2.24) is 0 Å². The Labute approximate surface area is 168 Å². The molecule has 1 aliphatic carbocycles. The van der Waals surface area contributed by atoms with E-state index in [4.69, 9.17) is 9.47 Å². The lowest BCUT2D eigenvalue weighted by atomic mass is 9.74. The molecule has 1 fully saturated rings. The van der Waals surface area contributed by atoms with E-state index in [1.807, 2.05) is 39.8 Å². The van der Waals surface area contributed by atoms with Crippen LogP contribution in [0.15, 0.2) is 35.9 Å². The summed E-state index contributed by atoms with van der Waals surface area (Å²) in [6, 6.07) is 6.18. The Kier molecular flexibility index (Phi) is 5.99. The molecule has 2 aliphatic rings. The van der Waals surface area contributed by atoms with E-state index in [2.05, 4.69) is 12.6 Å². The number of aliphatic carboxylic acids is 1. The Morgan fingerprint density at radius 2 is 2.00 bits per heavy atom. The van der Waals surface area contributed by atoms with Gasteiger partial charge in [-0.15, -0.1) is 0 Å². The van der Waals surface area contributed by atoms with Crippen LogP contribution in [0.2, 0.25) is 0 Å². The quantitative estimate of drug-likeness (QED) is 0.666. The predicted molar refractivity (Wildman–Crippen MR) is 112 cm³/mol. The SMILES string of the molecule is C=C(/C(=C(\C)C(OC(C)(C)C)C(=O)O)c1ccc2c(c1)CCCO2)C1CCC1. The first-order chi connectivity index (χ1) is 13.2. The highest BCUT2D eigenvalue weighted by Gasteiger charge is 2.32. The number of carboxylic acid groups (broad SMARTS) is 1. The highest BCUT2D eigenvalue weighted by atomic mass is 16.5. The van der Waals surface area contributed by atoms with Crippen LogP contribution in [0.3, 0.4) is 0 Å². The minimum atomic E-state index is -1.00. The van der Waals surface area contributed by atoms with Gasteiger partial charge in [0.1, 0.15) is 5.75 Å². The lowest BCUT2D eigenvalue weighted by Gasteiger charge is -2.33. The number of hydrogen-bond acceptors (Lipinski definition) is 3. The van der Waals surface area contributed by atoms with Crippen molar-refractivity contribution >= 4 is 11.5 Å². The van der Waals surface area contributed by atoms with Crippen LogP contribution in [0.1, 0.15) is 64.5 Å². The maximum atomic E-state index is 12.1. The smallest absolute Gasteiger partial charge is 0.337 e. The van der Waals surface area contributed by atoms with Crippen molar-refractivity contribution in [3.05, 3.63) is 47.1 Å². The first-order valence-electron chi connectivity index (χ1n) is 10.2. The largest absolute Gasteiger partial charge is 0.493 e. The van der Waals surface area contributed by atoms with Gasteiger partial charge in [-0.25, -0.2) is 4.79 Å². The van der Waals surface area contributed by atoms with Crippen molar-refractivity contribution in [1.29, 1.82) is 0 Å². The van der Waals surface area contributed by atoms with Crippen LogP contribution in [0.5, 0.6) is 5.75 Å². The molecule has 3 rings (SSSR count). The molecule has 0 bridgehead atoms. The molecule has 1 heterocycles. The van der Waals surface area contributed by atoms with Crippen molar-refractivity contribution in [2.24, 2.45) is 5.92 Å². The van der Waals surface area contributed by atoms with E-state index in [1.165, 1.54) is 12.0 Å². The zero-order valence-corrected chi connectivity index (χ0v) is 17.5. The Morgan fingerprint density at radius 1 is 1.29 bits per heavy atom. The summed E-state index contributed by atoms with van der Waals surface area (Å²) in [5.74, 6) is 0.385. The van der Waals surface area contributed by atoms with Crippen LogP contribution in [0.4, 0.5) is 0 Å². The van der Waals surface area contributed by atoms with Gasteiger partial charge in [-0.2, -0.15) is 0 Å². The van der Waals surface area contributed by atoms with Crippen molar-refractivity contribution in [3.63, 3.8) is 0 Å². The second-order valence-electron chi connectivity index (χ2n) is 8.93. The number of rotatable bonds is 6. The van der Waals surface area contributed by atoms with Crippen LogP contribution in [0, 0.1) is 5.92 Å². The van der Waals surface area contributed by atoms with E-state index in [0.29, 0.717) is 5.92 Å². The molecule has 0 amide bonds. The molecule has 1 aromatic rings. The van der Waals surface area contributed by atoms with Crippen molar-refractivity contribution in [3.8, 4) is 5.75 Å². The van der Waals surface area contributed by atoms with E-state index < -0.39 is 17.7 Å². The lowest BCUT2D eigenvalue weighted by Crippen LogP contribution is -2.35. The Bertz CT molecular complexity index is 793. The first-order valence-corrected chi connectivity index (χ1v) is 10.2. The highest BCUT2D eigenvalue weighted by molar-refractivity contribution is 5.88. The number of aryl methyl sites for hydroxylation is 1. The van der Waals surface area contributed by atoms with E-state index in [0.717, 1.165) is 60.3 Å². The molecule has 4 heteroatoms. The summed E-state index contributed by atoms with van der Waals surface area (Å²) in [6.45, 7) is 12.7. The summed E-state index contributed by atoms with van der Waals surface area (Å²) < 4.78 is 11.7. The molecular weight excluding hydrogens is 352 g/mol. The van der Waals surface area contributed by atoms with Gasteiger partial charge in [0.2, 0.25) is 0 Å². The number of allylic oxidation sites excluding steroid dienone is 2. The molecule has 0 radical (unpaired) electrons. The zero-order valence-electron chi connectivity index (χ0n) is 17.5. The second-order valence-corrected chi connectivity index (χ2v) is 8.93. The molecule has 28 heavy (non-hydrogen) atoms. The van der Waals surface area contributed by atoms with Crippen LogP contribution in [-0.2, 0) is 16.0 Å². The van der Waals surface area contributed by atoms with Crippen molar-refractivity contribution in [2.75, 3.05) is 6.61 Å². The minimum absolute atomic E-state index is 0.418. The molecule has 0 saturated heterocycles. The average Bonchev–Trinajstić information content (AvgIpc) is 2.57. The van der Waals surface area contributed by atoms with E-state index in [-0.39, 0.29) is 0 Å². The number of ether oxygens (including phenoxy) is 2. The molecule has 1 atom stereocenters. The van der Waals surface area contributed by atoms with Crippen LogP contribution < -0.4 is 4.74 Å². The number of carboxylic acids is 1. The molecule has 0 aromatic heterocycles. The van der Waals surface area contributed by atoms with E-state index in [9.17, 15) is 9.90 Å². The van der Waals surface area contributed by atoms with Gasteiger partial charge >= 0.3 is 5.97 Å². The first kappa shape index (κ1) is 20.7. The average molecular weight is 385 g/mol. The van der Waals surface area contributed by atoms with Gasteiger partial charge < -0.3 is 14.6 Å². The van der Waals surface area contributed by atoms with Crippen LogP contribution in [0.25, 0.3) is 5.57 Å². The van der Waals surface area contributed by atoms with Crippen LogP contribution in [-0.4, -0.2) is 29.4 Å². The summed E-state index contributed by atoms with van der Waals surface area (Å²) in [4.78, 5) is 12.1.